The first kappa shape index (κ1) is 13.2. The second kappa shape index (κ2) is 5.63. The molecule has 0 saturated carbocycles. The summed E-state index contributed by atoms with van der Waals surface area (Å²) in [6, 6.07) is 11.7. The van der Waals surface area contributed by atoms with Crippen LogP contribution < -0.4 is 11.1 Å². The number of nitrogens with one attached hydrogen (secondary N) is 1. The minimum atomic E-state index is -0.389. The number of hydrogen-bond donors (Lipinski definition) is 2. The van der Waals surface area contributed by atoms with Crippen molar-refractivity contribution < 1.29 is 9.18 Å². The maximum atomic E-state index is 13.4. The number of hydrogen-bond acceptors (Lipinski definition) is 2. The number of rotatable bonds is 3. The van der Waals surface area contributed by atoms with Crippen LogP contribution in [0.15, 0.2) is 42.5 Å². The van der Waals surface area contributed by atoms with Gasteiger partial charge < -0.3 is 11.1 Å². The van der Waals surface area contributed by atoms with Gasteiger partial charge in [0.05, 0.1) is 0 Å². The molecule has 0 aromatic heterocycles. The van der Waals surface area contributed by atoms with E-state index in [0.29, 0.717) is 17.8 Å². The molecule has 0 aliphatic carbocycles. The normalized spacial score (nSPS) is 10.3. The van der Waals surface area contributed by atoms with E-state index in [1.165, 1.54) is 6.07 Å². The largest absolute Gasteiger partial charge is 0.326 e. The summed E-state index contributed by atoms with van der Waals surface area (Å²) in [6.45, 7) is 1.99. The topological polar surface area (TPSA) is 55.1 Å². The standard InChI is InChI=1S/C15H15FN2O/c1-10-6-7-11(8-13(10)16)15(19)18-14-5-3-2-4-12(14)9-17/h2-8H,9,17H2,1H3,(H,18,19). The first-order valence-corrected chi connectivity index (χ1v) is 5.97. The highest BCUT2D eigenvalue weighted by molar-refractivity contribution is 6.04. The molecule has 0 aliphatic rings. The summed E-state index contributed by atoms with van der Waals surface area (Å²) in [5.74, 6) is -0.737. The van der Waals surface area contributed by atoms with Crippen molar-refractivity contribution in [2.75, 3.05) is 5.32 Å². The van der Waals surface area contributed by atoms with Crippen LogP contribution >= 0.6 is 0 Å². The van der Waals surface area contributed by atoms with E-state index < -0.39 is 0 Å². The molecule has 0 aliphatic heterocycles. The van der Waals surface area contributed by atoms with Crippen molar-refractivity contribution in [2.45, 2.75) is 13.5 Å². The molecule has 19 heavy (non-hydrogen) atoms. The maximum Gasteiger partial charge on any atom is 0.255 e. The Morgan fingerprint density at radius 1 is 1.26 bits per heavy atom. The zero-order valence-corrected chi connectivity index (χ0v) is 10.6. The lowest BCUT2D eigenvalue weighted by Crippen LogP contribution is -2.14. The van der Waals surface area contributed by atoms with E-state index in [2.05, 4.69) is 5.32 Å². The van der Waals surface area contributed by atoms with Gasteiger partial charge in [-0.15, -0.1) is 0 Å². The number of benzene rings is 2. The van der Waals surface area contributed by atoms with Crippen LogP contribution in [0.1, 0.15) is 21.5 Å². The predicted octanol–water partition coefficient (Wildman–Crippen LogP) is 2.85. The molecule has 0 bridgehead atoms. The van der Waals surface area contributed by atoms with E-state index >= 15 is 0 Å². The van der Waals surface area contributed by atoms with Gasteiger partial charge in [0.2, 0.25) is 0 Å². The van der Waals surface area contributed by atoms with Crippen molar-refractivity contribution in [2.24, 2.45) is 5.73 Å². The number of carbonyl (C=O) groups is 1. The van der Waals surface area contributed by atoms with Crippen molar-refractivity contribution in [3.63, 3.8) is 0 Å². The van der Waals surface area contributed by atoms with Crippen LogP contribution in [0.2, 0.25) is 0 Å². The fourth-order valence-electron chi connectivity index (χ4n) is 1.75. The lowest BCUT2D eigenvalue weighted by Gasteiger charge is -2.10. The third-order valence-corrected chi connectivity index (χ3v) is 2.92. The van der Waals surface area contributed by atoms with Crippen molar-refractivity contribution in [1.29, 1.82) is 0 Å². The molecule has 1 amide bonds. The van der Waals surface area contributed by atoms with Crippen LogP contribution in [0.25, 0.3) is 0 Å². The molecular weight excluding hydrogens is 243 g/mol. The molecule has 2 rings (SSSR count). The molecule has 3 N–H and O–H groups in total. The van der Waals surface area contributed by atoms with Gasteiger partial charge in [-0.05, 0) is 36.2 Å². The van der Waals surface area contributed by atoms with Gasteiger partial charge in [0, 0.05) is 17.8 Å². The van der Waals surface area contributed by atoms with Crippen LogP contribution in [0.3, 0.4) is 0 Å². The monoisotopic (exact) mass is 258 g/mol. The van der Waals surface area contributed by atoms with Gasteiger partial charge in [0.25, 0.3) is 5.91 Å². The van der Waals surface area contributed by atoms with E-state index in [1.54, 1.807) is 25.1 Å². The molecule has 0 radical (unpaired) electrons. The van der Waals surface area contributed by atoms with E-state index in [4.69, 9.17) is 5.73 Å². The van der Waals surface area contributed by atoms with Gasteiger partial charge >= 0.3 is 0 Å². The fraction of sp³-hybridized carbons (Fsp3) is 0.133. The average molecular weight is 258 g/mol. The lowest BCUT2D eigenvalue weighted by molar-refractivity contribution is 0.102. The number of para-hydroxylation sites is 1. The minimum Gasteiger partial charge on any atom is -0.326 e. The molecule has 0 heterocycles. The smallest absolute Gasteiger partial charge is 0.255 e. The number of nitrogens with two attached hydrogens (primary N) is 1. The van der Waals surface area contributed by atoms with Crippen LogP contribution in [0, 0.1) is 12.7 Å². The van der Waals surface area contributed by atoms with Crippen molar-refractivity contribution >= 4 is 11.6 Å². The third kappa shape index (κ3) is 2.98. The molecule has 0 atom stereocenters. The van der Waals surface area contributed by atoms with Gasteiger partial charge in [-0.25, -0.2) is 4.39 Å². The summed E-state index contributed by atoms with van der Waals surface area (Å²) in [6.07, 6.45) is 0. The Hall–Kier alpha value is -2.20. The molecule has 0 unspecified atom stereocenters. The number of amides is 1. The number of aryl methyl sites for hydroxylation is 1. The fourth-order valence-corrected chi connectivity index (χ4v) is 1.75. The summed E-state index contributed by atoms with van der Waals surface area (Å²) in [7, 11) is 0. The zero-order valence-electron chi connectivity index (χ0n) is 10.6. The Balaban J connectivity index is 2.23. The van der Waals surface area contributed by atoms with E-state index in [1.807, 2.05) is 18.2 Å². The van der Waals surface area contributed by atoms with Gasteiger partial charge in [0.15, 0.2) is 0 Å². The Morgan fingerprint density at radius 3 is 2.68 bits per heavy atom. The molecular formula is C15H15FN2O. The van der Waals surface area contributed by atoms with Crippen molar-refractivity contribution in [3.05, 3.63) is 65.0 Å². The Labute approximate surface area is 111 Å². The first-order valence-electron chi connectivity index (χ1n) is 5.97. The van der Waals surface area contributed by atoms with E-state index in [-0.39, 0.29) is 17.3 Å². The molecule has 0 fully saturated rings. The number of carbonyl (C=O) groups excluding carboxylic acids is 1. The summed E-state index contributed by atoms with van der Waals surface area (Å²) in [5.41, 5.74) is 7.88. The van der Waals surface area contributed by atoms with Crippen molar-refractivity contribution in [1.82, 2.24) is 0 Å². The van der Waals surface area contributed by atoms with Crippen LogP contribution in [0.5, 0.6) is 0 Å². The third-order valence-electron chi connectivity index (χ3n) is 2.92. The average Bonchev–Trinajstić information content (AvgIpc) is 2.42. The quantitative estimate of drug-likeness (QED) is 0.889. The summed E-state index contributed by atoms with van der Waals surface area (Å²) >= 11 is 0. The molecule has 4 heteroatoms. The Morgan fingerprint density at radius 2 is 2.00 bits per heavy atom. The van der Waals surface area contributed by atoms with Crippen molar-refractivity contribution in [3.8, 4) is 0 Å². The van der Waals surface area contributed by atoms with Crippen LogP contribution in [-0.4, -0.2) is 5.91 Å². The zero-order chi connectivity index (χ0) is 13.8. The summed E-state index contributed by atoms with van der Waals surface area (Å²) in [5, 5.41) is 2.74. The van der Waals surface area contributed by atoms with Crippen LogP contribution in [-0.2, 0) is 6.54 Å². The lowest BCUT2D eigenvalue weighted by atomic mass is 10.1. The highest BCUT2D eigenvalue weighted by Crippen LogP contribution is 2.16. The van der Waals surface area contributed by atoms with Gasteiger partial charge in [-0.2, -0.15) is 0 Å². The second-order valence-corrected chi connectivity index (χ2v) is 4.28. The van der Waals surface area contributed by atoms with E-state index in [0.717, 1.165) is 5.56 Å². The minimum absolute atomic E-state index is 0.287. The van der Waals surface area contributed by atoms with Crippen LogP contribution in [0.4, 0.5) is 10.1 Å². The molecule has 3 nitrogen and oxygen atoms in total. The second-order valence-electron chi connectivity index (χ2n) is 4.28. The molecule has 0 spiro atoms. The molecule has 2 aromatic carbocycles. The highest BCUT2D eigenvalue weighted by atomic mass is 19.1. The van der Waals surface area contributed by atoms with Gasteiger partial charge in [-0.3, -0.25) is 4.79 Å². The highest BCUT2D eigenvalue weighted by Gasteiger charge is 2.10. The van der Waals surface area contributed by atoms with E-state index in [9.17, 15) is 9.18 Å². The molecule has 2 aromatic rings. The van der Waals surface area contributed by atoms with Gasteiger partial charge in [0.1, 0.15) is 5.82 Å². The maximum absolute atomic E-state index is 13.4. The molecule has 0 saturated heterocycles. The predicted molar refractivity (Wildman–Crippen MR) is 73.4 cm³/mol. The Bertz CT molecular complexity index is 611. The number of anilines is 1. The first-order chi connectivity index (χ1) is 9.11. The van der Waals surface area contributed by atoms with Gasteiger partial charge in [-0.1, -0.05) is 24.3 Å². The Kier molecular flexibility index (Phi) is 3.92. The number of halogens is 1. The summed E-state index contributed by atoms with van der Waals surface area (Å²) in [4.78, 5) is 12.0. The summed E-state index contributed by atoms with van der Waals surface area (Å²) < 4.78 is 13.4. The SMILES string of the molecule is Cc1ccc(C(=O)Nc2ccccc2CN)cc1F. The molecule has 98 valence electrons.